The van der Waals surface area contributed by atoms with Crippen LogP contribution in [-0.4, -0.2) is 48.4 Å². The molecule has 0 saturated heterocycles. The number of thioether (sulfide) groups is 1. The van der Waals surface area contributed by atoms with E-state index in [0.717, 1.165) is 0 Å². The van der Waals surface area contributed by atoms with E-state index in [9.17, 15) is 13.2 Å². The van der Waals surface area contributed by atoms with Crippen LogP contribution in [0.15, 0.2) is 9.64 Å². The van der Waals surface area contributed by atoms with Crippen LogP contribution in [0.2, 0.25) is 0 Å². The summed E-state index contributed by atoms with van der Waals surface area (Å²) in [7, 11) is -2.94. The van der Waals surface area contributed by atoms with Gasteiger partial charge in [0.1, 0.15) is 9.84 Å². The molecule has 0 aliphatic rings. The Morgan fingerprint density at radius 2 is 2.11 bits per heavy atom. The minimum atomic E-state index is -2.94. The van der Waals surface area contributed by atoms with Gasteiger partial charge in [-0.15, -0.1) is 5.10 Å². The fourth-order valence-corrected chi connectivity index (χ4v) is 2.88. The molecule has 1 rings (SSSR count). The van der Waals surface area contributed by atoms with Crippen LogP contribution in [0.3, 0.4) is 0 Å². The van der Waals surface area contributed by atoms with Crippen molar-refractivity contribution in [3.8, 4) is 0 Å². The summed E-state index contributed by atoms with van der Waals surface area (Å²) in [5, 5.41) is 7.45. The van der Waals surface area contributed by atoms with E-state index in [1.807, 2.05) is 0 Å². The molecule has 0 radical (unpaired) electrons. The summed E-state index contributed by atoms with van der Waals surface area (Å²) >= 11 is 1.22. The van der Waals surface area contributed by atoms with E-state index in [-0.39, 0.29) is 29.2 Å². The molecule has 19 heavy (non-hydrogen) atoms. The molecule has 0 N–H and O–H groups in total. The minimum absolute atomic E-state index is 0.134. The normalized spacial score (nSPS) is 11.5. The largest absolute Gasteiger partial charge is 0.459 e. The third-order valence-corrected chi connectivity index (χ3v) is 4.82. The molecule has 0 spiro atoms. The van der Waals surface area contributed by atoms with Crippen LogP contribution >= 0.6 is 11.8 Å². The van der Waals surface area contributed by atoms with E-state index < -0.39 is 15.8 Å². The van der Waals surface area contributed by atoms with Crippen molar-refractivity contribution in [3.05, 3.63) is 5.89 Å². The van der Waals surface area contributed by atoms with E-state index in [0.29, 0.717) is 12.2 Å². The molecule has 1 aromatic heterocycles. The Hall–Kier alpha value is -1.09. The van der Waals surface area contributed by atoms with Gasteiger partial charge in [0, 0.05) is 11.5 Å². The van der Waals surface area contributed by atoms with Crippen molar-refractivity contribution in [1.82, 2.24) is 10.2 Å². The van der Waals surface area contributed by atoms with E-state index in [4.69, 9.17) is 9.15 Å². The first kappa shape index (κ1) is 16.0. The standard InChI is InChI=1S/C10H16N2O5S2/c1-3-16-9(13)8-11-12-10(17-8)18-6-5-7-19(14,15)4-2/h3-7H2,1-2H3. The van der Waals surface area contributed by atoms with E-state index in [1.54, 1.807) is 13.8 Å². The number of aromatic nitrogens is 2. The quantitative estimate of drug-likeness (QED) is 0.401. The molecular formula is C10H16N2O5S2. The Labute approximate surface area is 116 Å². The topological polar surface area (TPSA) is 99.4 Å². The van der Waals surface area contributed by atoms with Gasteiger partial charge in [-0.3, -0.25) is 0 Å². The average Bonchev–Trinajstić information content (AvgIpc) is 2.84. The lowest BCUT2D eigenvalue weighted by molar-refractivity contribution is 0.0475. The molecule has 9 heteroatoms. The van der Waals surface area contributed by atoms with Crippen LogP contribution in [0.25, 0.3) is 0 Å². The summed E-state index contributed by atoms with van der Waals surface area (Å²) in [6.45, 7) is 3.53. The number of hydrogen-bond donors (Lipinski definition) is 0. The zero-order chi connectivity index (χ0) is 14.3. The Kier molecular flexibility index (Phi) is 6.29. The van der Waals surface area contributed by atoms with Gasteiger partial charge in [0.15, 0.2) is 0 Å². The van der Waals surface area contributed by atoms with Crippen LogP contribution in [0.4, 0.5) is 0 Å². The lowest BCUT2D eigenvalue weighted by Gasteiger charge is -1.99. The summed E-state index contributed by atoms with van der Waals surface area (Å²) in [5.74, 6) is -0.0365. The smallest absolute Gasteiger partial charge is 0.396 e. The van der Waals surface area contributed by atoms with Gasteiger partial charge in [0.25, 0.3) is 5.22 Å². The van der Waals surface area contributed by atoms with Crippen LogP contribution in [-0.2, 0) is 14.6 Å². The Balaban J connectivity index is 2.37. The van der Waals surface area contributed by atoms with E-state index >= 15 is 0 Å². The predicted molar refractivity (Wildman–Crippen MR) is 69.9 cm³/mol. The van der Waals surface area contributed by atoms with Crippen molar-refractivity contribution in [1.29, 1.82) is 0 Å². The van der Waals surface area contributed by atoms with Gasteiger partial charge in [0.05, 0.1) is 12.4 Å². The maximum Gasteiger partial charge on any atom is 0.396 e. The van der Waals surface area contributed by atoms with Gasteiger partial charge in [0.2, 0.25) is 0 Å². The molecule has 1 aromatic rings. The molecule has 7 nitrogen and oxygen atoms in total. The maximum atomic E-state index is 11.3. The van der Waals surface area contributed by atoms with E-state index in [1.165, 1.54) is 11.8 Å². The fourth-order valence-electron chi connectivity index (χ4n) is 1.13. The van der Waals surface area contributed by atoms with Gasteiger partial charge in [-0.2, -0.15) is 0 Å². The van der Waals surface area contributed by atoms with Crippen molar-refractivity contribution < 1.29 is 22.4 Å². The molecule has 0 aliphatic carbocycles. The zero-order valence-corrected chi connectivity index (χ0v) is 12.4. The first-order chi connectivity index (χ1) is 8.98. The Morgan fingerprint density at radius 3 is 2.74 bits per heavy atom. The van der Waals surface area contributed by atoms with E-state index in [2.05, 4.69) is 10.2 Å². The van der Waals surface area contributed by atoms with Crippen LogP contribution in [0, 0.1) is 0 Å². The molecular weight excluding hydrogens is 292 g/mol. The molecule has 0 saturated carbocycles. The Morgan fingerprint density at radius 1 is 1.37 bits per heavy atom. The third kappa shape index (κ3) is 5.60. The molecule has 1 heterocycles. The van der Waals surface area contributed by atoms with Crippen molar-refractivity contribution in [2.75, 3.05) is 23.9 Å². The molecule has 0 unspecified atom stereocenters. The van der Waals surface area contributed by atoms with Gasteiger partial charge in [-0.25, -0.2) is 13.2 Å². The summed E-state index contributed by atoms with van der Waals surface area (Å²) < 4.78 is 32.3. The van der Waals surface area contributed by atoms with Crippen LogP contribution in [0.5, 0.6) is 0 Å². The number of sulfone groups is 1. The predicted octanol–water partition coefficient (Wildman–Crippen LogP) is 1.16. The van der Waals surface area contributed by atoms with Gasteiger partial charge in [-0.05, 0) is 13.3 Å². The van der Waals surface area contributed by atoms with Crippen molar-refractivity contribution in [2.24, 2.45) is 0 Å². The molecule has 0 bridgehead atoms. The number of hydrogen-bond acceptors (Lipinski definition) is 8. The highest BCUT2D eigenvalue weighted by molar-refractivity contribution is 7.99. The first-order valence-electron chi connectivity index (χ1n) is 5.82. The molecule has 0 fully saturated rings. The fraction of sp³-hybridized carbons (Fsp3) is 0.700. The average molecular weight is 308 g/mol. The lowest BCUT2D eigenvalue weighted by atomic mass is 10.6. The molecule has 0 aliphatic heterocycles. The lowest BCUT2D eigenvalue weighted by Crippen LogP contribution is -2.09. The van der Waals surface area contributed by atoms with Crippen LogP contribution < -0.4 is 0 Å². The summed E-state index contributed by atoms with van der Waals surface area (Å²) in [6, 6.07) is 0. The number of ether oxygens (including phenoxy) is 1. The van der Waals surface area contributed by atoms with Gasteiger partial charge >= 0.3 is 11.9 Å². The second-order valence-electron chi connectivity index (χ2n) is 3.53. The highest BCUT2D eigenvalue weighted by Gasteiger charge is 2.16. The second-order valence-corrected chi connectivity index (χ2v) is 7.05. The molecule has 0 amide bonds. The van der Waals surface area contributed by atoms with Crippen LogP contribution in [0.1, 0.15) is 31.0 Å². The zero-order valence-electron chi connectivity index (χ0n) is 10.8. The monoisotopic (exact) mass is 308 g/mol. The highest BCUT2D eigenvalue weighted by atomic mass is 32.2. The van der Waals surface area contributed by atoms with Crippen molar-refractivity contribution in [2.45, 2.75) is 25.5 Å². The summed E-state index contributed by atoms with van der Waals surface area (Å²) in [5.41, 5.74) is 0. The van der Waals surface area contributed by atoms with Gasteiger partial charge in [-0.1, -0.05) is 23.8 Å². The molecule has 0 aromatic carbocycles. The van der Waals surface area contributed by atoms with Gasteiger partial charge < -0.3 is 9.15 Å². The number of rotatable bonds is 8. The highest BCUT2D eigenvalue weighted by Crippen LogP contribution is 2.17. The first-order valence-corrected chi connectivity index (χ1v) is 8.63. The maximum absolute atomic E-state index is 11.3. The summed E-state index contributed by atoms with van der Waals surface area (Å²) in [4.78, 5) is 11.3. The number of nitrogens with zero attached hydrogens (tertiary/aromatic N) is 2. The number of esters is 1. The number of carbonyl (C=O) groups is 1. The summed E-state index contributed by atoms with van der Waals surface area (Å²) in [6.07, 6.45) is 0.498. The number of carbonyl (C=O) groups excluding carboxylic acids is 1. The van der Waals surface area contributed by atoms with Crippen molar-refractivity contribution >= 4 is 27.6 Å². The SMILES string of the molecule is CCOC(=O)c1nnc(SCCCS(=O)(=O)CC)o1. The minimum Gasteiger partial charge on any atom is -0.459 e. The van der Waals surface area contributed by atoms with Crippen molar-refractivity contribution in [3.63, 3.8) is 0 Å². The molecule has 108 valence electrons. The second kappa shape index (κ2) is 7.49. The Bertz CT molecular complexity index is 512. The third-order valence-electron chi connectivity index (χ3n) is 2.12. The molecule has 0 atom stereocenters.